The van der Waals surface area contributed by atoms with Gasteiger partial charge in [0.15, 0.2) is 0 Å². The highest BCUT2D eigenvalue weighted by Gasteiger charge is 2.68. The Morgan fingerprint density at radius 2 is 1.70 bits per heavy atom. The average Bonchev–Trinajstić information content (AvgIpc) is 3.31. The summed E-state index contributed by atoms with van der Waals surface area (Å²) in [6.07, 6.45) is 8.32. The monoisotopic (exact) mass is 607 g/mol. The van der Waals surface area contributed by atoms with E-state index < -0.39 is 5.79 Å². The molecule has 5 aliphatic rings. The summed E-state index contributed by atoms with van der Waals surface area (Å²) < 4.78 is 12.4. The molecular weight excluding hydrogens is 554 g/mol. The fraction of sp³-hybridized carbons (Fsp3) is 0.909. The first kappa shape index (κ1) is 32.6. The maximum atomic E-state index is 12.6. The number of nitrogens with one attached hydrogen (secondary N) is 1. The van der Waals surface area contributed by atoms with Crippen LogP contribution in [-0.4, -0.2) is 49.2 Å². The van der Waals surface area contributed by atoms with Crippen molar-refractivity contribution in [2.75, 3.05) is 13.3 Å². The summed E-state index contributed by atoms with van der Waals surface area (Å²) >= 11 is 0. The second kappa shape index (κ2) is 12.9. The van der Waals surface area contributed by atoms with Crippen LogP contribution < -0.4 is 5.32 Å². The molecule has 1 N–H and O–H groups in total. The van der Waals surface area contributed by atoms with Gasteiger partial charge in [-0.15, -0.1) is 0 Å². The fourth-order valence-corrected chi connectivity index (χ4v) is 10.3. The first-order valence-corrected chi connectivity index (χ1v) is 16.7. The molecule has 1 saturated heterocycles. The van der Waals surface area contributed by atoms with Crippen molar-refractivity contribution in [3.8, 4) is 0 Å². The van der Waals surface area contributed by atoms with E-state index in [1.165, 1.54) is 13.8 Å². The number of fused-ring (bicyclic) bond motifs is 5. The van der Waals surface area contributed by atoms with Gasteiger partial charge in [0.25, 0.3) is 0 Å². The lowest BCUT2D eigenvalue weighted by Crippen LogP contribution is -2.64. The number of carbonyl (C=O) groups excluding carboxylic acids is 3. The SMILES string of the molecule is CCCCNC(=O)CCC(C)[C@H]1CCC2C3C(C[C@H](OC(C)=O)[C@@]21C)[C@@]1(C)CCC2(C[C@H]1C[C@H]3OC(C)=O)OOCOO2. The van der Waals surface area contributed by atoms with Crippen LogP contribution in [0.2, 0.25) is 0 Å². The minimum atomic E-state index is -0.967. The van der Waals surface area contributed by atoms with Crippen molar-refractivity contribution in [1.82, 2.24) is 5.32 Å². The van der Waals surface area contributed by atoms with Crippen LogP contribution in [0.4, 0.5) is 0 Å². The molecule has 0 bridgehead atoms. The molecule has 1 aliphatic heterocycles. The second-order valence-electron chi connectivity index (χ2n) is 14.6. The normalized spacial score (nSPS) is 40.5. The first-order valence-electron chi connectivity index (χ1n) is 16.7. The van der Waals surface area contributed by atoms with Crippen LogP contribution in [0.3, 0.4) is 0 Å². The van der Waals surface area contributed by atoms with Crippen LogP contribution in [0.15, 0.2) is 0 Å². The maximum absolute atomic E-state index is 12.6. The molecule has 5 rings (SSSR count). The Hall–Kier alpha value is -1.75. The Morgan fingerprint density at radius 1 is 0.977 bits per heavy atom. The van der Waals surface area contributed by atoms with Gasteiger partial charge in [0.2, 0.25) is 18.5 Å². The zero-order chi connectivity index (χ0) is 31.0. The summed E-state index contributed by atoms with van der Waals surface area (Å²) in [5.74, 6) is -0.0784. The number of hydrogen-bond acceptors (Lipinski definition) is 9. The Kier molecular flexibility index (Phi) is 9.81. The molecule has 10 nitrogen and oxygen atoms in total. The summed E-state index contributed by atoms with van der Waals surface area (Å²) in [5.41, 5.74) is -0.365. The van der Waals surface area contributed by atoms with Gasteiger partial charge in [0, 0.05) is 51.0 Å². The Labute approximate surface area is 256 Å². The summed E-state index contributed by atoms with van der Waals surface area (Å²) in [4.78, 5) is 59.3. The molecular formula is C33H53NO9. The van der Waals surface area contributed by atoms with Gasteiger partial charge in [-0.1, -0.05) is 34.1 Å². The Balaban J connectivity index is 1.42. The van der Waals surface area contributed by atoms with Crippen molar-refractivity contribution in [3.05, 3.63) is 0 Å². The molecule has 4 aliphatic carbocycles. The van der Waals surface area contributed by atoms with E-state index in [9.17, 15) is 14.4 Å². The second-order valence-corrected chi connectivity index (χ2v) is 14.6. The highest BCUT2D eigenvalue weighted by Crippen LogP contribution is 2.70. The van der Waals surface area contributed by atoms with Crippen LogP contribution in [-0.2, 0) is 43.4 Å². The van der Waals surface area contributed by atoms with E-state index in [0.29, 0.717) is 31.6 Å². The van der Waals surface area contributed by atoms with Crippen molar-refractivity contribution in [2.24, 2.45) is 46.3 Å². The lowest BCUT2D eigenvalue weighted by atomic mass is 9.42. The van der Waals surface area contributed by atoms with E-state index in [1.807, 2.05) is 0 Å². The largest absolute Gasteiger partial charge is 0.462 e. The number of esters is 2. The van der Waals surface area contributed by atoms with E-state index in [-0.39, 0.29) is 77.3 Å². The van der Waals surface area contributed by atoms with Crippen LogP contribution in [0, 0.1) is 46.3 Å². The minimum Gasteiger partial charge on any atom is -0.462 e. The van der Waals surface area contributed by atoms with E-state index in [0.717, 1.165) is 51.5 Å². The molecule has 244 valence electrons. The minimum absolute atomic E-state index is 0.0715. The third-order valence-corrected chi connectivity index (χ3v) is 12.3. The van der Waals surface area contributed by atoms with Gasteiger partial charge < -0.3 is 14.8 Å². The Bertz CT molecular complexity index is 1030. The zero-order valence-corrected chi connectivity index (χ0v) is 27.0. The fourth-order valence-electron chi connectivity index (χ4n) is 10.3. The van der Waals surface area contributed by atoms with Crippen molar-refractivity contribution in [1.29, 1.82) is 0 Å². The molecule has 0 radical (unpaired) electrons. The third-order valence-electron chi connectivity index (χ3n) is 12.3. The number of carbonyl (C=O) groups is 3. The van der Waals surface area contributed by atoms with E-state index in [4.69, 9.17) is 29.0 Å². The number of unbranched alkanes of at least 4 members (excludes halogenated alkanes) is 1. The summed E-state index contributed by atoms with van der Waals surface area (Å²) in [5, 5.41) is 3.05. The van der Waals surface area contributed by atoms with E-state index >= 15 is 0 Å². The van der Waals surface area contributed by atoms with Crippen LogP contribution in [0.1, 0.15) is 112 Å². The molecule has 43 heavy (non-hydrogen) atoms. The standard InChI is InChI=1S/C33H53NO9/c1-7-8-15-34-29(37)12-9-20(2)24-10-11-25-30-26(17-28(32(24,25)6)41-22(4)36)31(5)13-14-33(42-38-19-39-43-33)18-23(31)16-27(30)40-21(3)35/h20,23-28,30H,7-19H2,1-6H3,(H,34,37)/t20?,23-,24-,25?,26?,27-,28+,30?,31+,32-/m1/s1. The summed E-state index contributed by atoms with van der Waals surface area (Å²) in [6, 6.07) is 0. The van der Waals surface area contributed by atoms with Crippen molar-refractivity contribution in [2.45, 2.75) is 130 Å². The molecule has 10 atom stereocenters. The molecule has 1 spiro atoms. The number of rotatable bonds is 9. The topological polar surface area (TPSA) is 119 Å². The molecule has 0 aromatic heterocycles. The van der Waals surface area contributed by atoms with Crippen molar-refractivity contribution < 1.29 is 43.4 Å². The summed E-state index contributed by atoms with van der Waals surface area (Å²) in [7, 11) is 0. The van der Waals surface area contributed by atoms with E-state index in [2.05, 4.69) is 33.0 Å². The van der Waals surface area contributed by atoms with Crippen LogP contribution >= 0.6 is 0 Å². The van der Waals surface area contributed by atoms with Gasteiger partial charge >= 0.3 is 11.9 Å². The maximum Gasteiger partial charge on any atom is 0.302 e. The van der Waals surface area contributed by atoms with Crippen LogP contribution in [0.5, 0.6) is 0 Å². The predicted octanol–water partition coefficient (Wildman–Crippen LogP) is 5.62. The van der Waals surface area contributed by atoms with Crippen LogP contribution in [0.25, 0.3) is 0 Å². The highest BCUT2D eigenvalue weighted by atomic mass is 17.4. The molecule has 5 fully saturated rings. The van der Waals surface area contributed by atoms with Gasteiger partial charge in [-0.2, -0.15) is 9.78 Å². The quantitative estimate of drug-likeness (QED) is 0.202. The van der Waals surface area contributed by atoms with Gasteiger partial charge in [0.1, 0.15) is 12.2 Å². The van der Waals surface area contributed by atoms with Gasteiger partial charge in [-0.05, 0) is 80.0 Å². The lowest BCUT2D eigenvalue weighted by Gasteiger charge is -2.64. The number of amides is 1. The first-order chi connectivity index (χ1) is 20.4. The highest BCUT2D eigenvalue weighted by molar-refractivity contribution is 5.75. The van der Waals surface area contributed by atoms with Gasteiger partial charge in [0.05, 0.1) is 0 Å². The molecule has 4 saturated carbocycles. The van der Waals surface area contributed by atoms with Gasteiger partial charge in [-0.25, -0.2) is 9.78 Å². The van der Waals surface area contributed by atoms with E-state index in [1.54, 1.807) is 0 Å². The molecule has 0 aromatic rings. The Morgan fingerprint density at radius 3 is 2.37 bits per heavy atom. The predicted molar refractivity (Wildman–Crippen MR) is 155 cm³/mol. The zero-order valence-electron chi connectivity index (χ0n) is 27.0. The smallest absolute Gasteiger partial charge is 0.302 e. The molecule has 1 amide bonds. The number of hydrogen-bond donors (Lipinski definition) is 1. The molecule has 1 heterocycles. The van der Waals surface area contributed by atoms with Crippen molar-refractivity contribution >= 4 is 17.8 Å². The van der Waals surface area contributed by atoms with Gasteiger partial charge in [-0.3, -0.25) is 14.4 Å². The molecule has 10 heteroatoms. The molecule has 4 unspecified atom stereocenters. The van der Waals surface area contributed by atoms with Crippen molar-refractivity contribution in [3.63, 3.8) is 0 Å². The third kappa shape index (κ3) is 6.23. The lowest BCUT2D eigenvalue weighted by molar-refractivity contribution is -0.605. The number of ether oxygens (including phenoxy) is 2. The average molecular weight is 608 g/mol. The molecule has 0 aromatic carbocycles. The summed E-state index contributed by atoms with van der Waals surface area (Å²) in [6.45, 7) is 12.7.